The van der Waals surface area contributed by atoms with E-state index in [4.69, 9.17) is 0 Å². The van der Waals surface area contributed by atoms with Gasteiger partial charge in [-0.05, 0) is 17.7 Å². The van der Waals surface area contributed by atoms with Gasteiger partial charge < -0.3 is 0 Å². The van der Waals surface area contributed by atoms with Crippen LogP contribution in [0.4, 0.5) is 0 Å². The molecule has 0 spiro atoms. The quantitative estimate of drug-likeness (QED) is 0.746. The molecule has 0 saturated carbocycles. The van der Waals surface area contributed by atoms with Crippen LogP contribution in [0, 0.1) is 13.1 Å². The van der Waals surface area contributed by atoms with Crippen molar-refractivity contribution in [1.29, 1.82) is 0 Å². The van der Waals surface area contributed by atoms with E-state index >= 15 is 0 Å². The summed E-state index contributed by atoms with van der Waals surface area (Å²) in [4.78, 5) is 2.20. The minimum atomic E-state index is 0.962. The van der Waals surface area contributed by atoms with Crippen molar-refractivity contribution in [3.05, 3.63) is 84.9 Å². The van der Waals surface area contributed by atoms with Gasteiger partial charge >= 0.3 is 0 Å². The highest BCUT2D eigenvalue weighted by molar-refractivity contribution is 5.26. The van der Waals surface area contributed by atoms with Gasteiger partial charge in [0.2, 0.25) is 0 Å². The third-order valence-corrected chi connectivity index (χ3v) is 2.59. The summed E-state index contributed by atoms with van der Waals surface area (Å²) in [5.74, 6) is 0. The summed E-state index contributed by atoms with van der Waals surface area (Å²) in [6.07, 6.45) is 0. The van der Waals surface area contributed by atoms with E-state index in [0.717, 1.165) is 6.54 Å². The third-order valence-electron chi connectivity index (χ3n) is 2.59. The van der Waals surface area contributed by atoms with Crippen molar-refractivity contribution in [3.63, 3.8) is 0 Å². The van der Waals surface area contributed by atoms with Gasteiger partial charge in [-0.15, -0.1) is 0 Å². The zero-order chi connectivity index (χ0) is 11.9. The van der Waals surface area contributed by atoms with Crippen LogP contribution in [-0.4, -0.2) is 11.4 Å². The average molecular weight is 223 g/mol. The van der Waals surface area contributed by atoms with E-state index in [1.165, 1.54) is 11.1 Å². The molecule has 1 heteroatoms. The third kappa shape index (κ3) is 3.72. The van der Waals surface area contributed by atoms with Gasteiger partial charge in [-0.3, -0.25) is 4.90 Å². The smallest absolute Gasteiger partial charge is 0.0552 e. The Bertz CT molecular complexity index is 380. The molecule has 1 nitrogen and oxygen atoms in total. The van der Waals surface area contributed by atoms with Crippen LogP contribution in [0.2, 0.25) is 0 Å². The SMILES string of the molecule is CCN([CH]c1ccccc1)[CH]c1ccccc1. The van der Waals surface area contributed by atoms with Crippen molar-refractivity contribution in [2.24, 2.45) is 0 Å². The summed E-state index contributed by atoms with van der Waals surface area (Å²) in [6, 6.07) is 20.8. The lowest BCUT2D eigenvalue weighted by molar-refractivity contribution is 0.454. The van der Waals surface area contributed by atoms with Crippen LogP contribution < -0.4 is 0 Å². The number of rotatable bonds is 5. The monoisotopic (exact) mass is 223 g/mol. The Morgan fingerprint density at radius 2 is 1.18 bits per heavy atom. The predicted octanol–water partition coefficient (Wildman–Crippen LogP) is 3.73. The average Bonchev–Trinajstić information content (AvgIpc) is 2.40. The standard InChI is InChI=1S/C16H17N/c1-2-17(13-15-9-5-3-6-10-15)14-16-11-7-4-8-12-16/h3-14H,2H2,1H3. The van der Waals surface area contributed by atoms with E-state index in [-0.39, 0.29) is 0 Å². The number of hydrogen-bond donors (Lipinski definition) is 0. The minimum absolute atomic E-state index is 0.962. The molecule has 2 rings (SSSR count). The van der Waals surface area contributed by atoms with E-state index in [2.05, 4.69) is 73.4 Å². The summed E-state index contributed by atoms with van der Waals surface area (Å²) < 4.78 is 0. The summed E-state index contributed by atoms with van der Waals surface area (Å²) in [5, 5.41) is 0. The molecule has 0 atom stereocenters. The molecule has 2 radical (unpaired) electrons. The Hall–Kier alpha value is -1.60. The fourth-order valence-corrected chi connectivity index (χ4v) is 1.68. The van der Waals surface area contributed by atoms with Gasteiger partial charge in [0.15, 0.2) is 0 Å². The molecular weight excluding hydrogens is 206 g/mol. The molecule has 2 aromatic carbocycles. The van der Waals surface area contributed by atoms with Gasteiger partial charge in [0.05, 0.1) is 13.1 Å². The lowest BCUT2D eigenvalue weighted by Crippen LogP contribution is -2.18. The summed E-state index contributed by atoms with van der Waals surface area (Å²) in [5.41, 5.74) is 2.45. The maximum absolute atomic E-state index is 2.20. The van der Waals surface area contributed by atoms with Crippen molar-refractivity contribution < 1.29 is 0 Å². The highest BCUT2D eigenvalue weighted by Gasteiger charge is 2.05. The fourth-order valence-electron chi connectivity index (χ4n) is 1.68. The molecule has 0 heterocycles. The molecule has 0 aromatic heterocycles. The zero-order valence-electron chi connectivity index (χ0n) is 10.1. The van der Waals surface area contributed by atoms with Gasteiger partial charge in [0.25, 0.3) is 0 Å². The van der Waals surface area contributed by atoms with Crippen molar-refractivity contribution in [2.75, 3.05) is 6.54 Å². The predicted molar refractivity (Wildman–Crippen MR) is 72.1 cm³/mol. The first-order valence-electron chi connectivity index (χ1n) is 5.94. The second-order valence-corrected chi connectivity index (χ2v) is 3.91. The maximum atomic E-state index is 2.20. The maximum Gasteiger partial charge on any atom is 0.0552 e. The van der Waals surface area contributed by atoms with Gasteiger partial charge in [-0.1, -0.05) is 67.6 Å². The molecule has 0 fully saturated rings. The van der Waals surface area contributed by atoms with Gasteiger partial charge in [-0.2, -0.15) is 0 Å². The molecule has 0 aliphatic heterocycles. The minimum Gasteiger partial charge on any atom is -0.286 e. The lowest BCUT2D eigenvalue weighted by atomic mass is 10.2. The summed E-state index contributed by atoms with van der Waals surface area (Å²) in [6.45, 7) is 7.43. The van der Waals surface area contributed by atoms with E-state index < -0.39 is 0 Å². The van der Waals surface area contributed by atoms with Gasteiger partial charge in [0.1, 0.15) is 0 Å². The first-order valence-corrected chi connectivity index (χ1v) is 5.94. The normalized spacial score (nSPS) is 10.7. The molecule has 0 amide bonds. The van der Waals surface area contributed by atoms with Crippen molar-refractivity contribution in [1.82, 2.24) is 4.90 Å². The van der Waals surface area contributed by atoms with E-state index in [1.54, 1.807) is 0 Å². The van der Waals surface area contributed by atoms with Crippen molar-refractivity contribution in [3.8, 4) is 0 Å². The molecule has 0 unspecified atom stereocenters. The van der Waals surface area contributed by atoms with Crippen LogP contribution in [0.25, 0.3) is 0 Å². The highest BCUT2D eigenvalue weighted by atomic mass is 15.1. The van der Waals surface area contributed by atoms with Crippen LogP contribution in [-0.2, 0) is 0 Å². The van der Waals surface area contributed by atoms with Crippen molar-refractivity contribution >= 4 is 0 Å². The molecule has 17 heavy (non-hydrogen) atoms. The summed E-state index contributed by atoms with van der Waals surface area (Å²) in [7, 11) is 0. The number of hydrogen-bond acceptors (Lipinski definition) is 1. The van der Waals surface area contributed by atoms with E-state index in [9.17, 15) is 0 Å². The van der Waals surface area contributed by atoms with Crippen LogP contribution >= 0.6 is 0 Å². The number of benzene rings is 2. The Morgan fingerprint density at radius 3 is 1.53 bits per heavy atom. The summed E-state index contributed by atoms with van der Waals surface area (Å²) >= 11 is 0. The topological polar surface area (TPSA) is 3.24 Å². The van der Waals surface area contributed by atoms with E-state index in [1.807, 2.05) is 12.1 Å². The molecule has 0 N–H and O–H groups in total. The Morgan fingerprint density at radius 1 is 0.765 bits per heavy atom. The first-order chi connectivity index (χ1) is 8.38. The Kier molecular flexibility index (Phi) is 4.34. The Labute approximate surface area is 104 Å². The van der Waals surface area contributed by atoms with Crippen LogP contribution in [0.1, 0.15) is 18.1 Å². The van der Waals surface area contributed by atoms with E-state index in [0.29, 0.717) is 0 Å². The Balaban J connectivity index is 1.98. The second kappa shape index (κ2) is 6.21. The first kappa shape index (κ1) is 11.9. The molecule has 0 aliphatic rings. The molecule has 0 saturated heterocycles. The molecule has 0 aliphatic carbocycles. The van der Waals surface area contributed by atoms with Crippen LogP contribution in [0.15, 0.2) is 60.7 Å². The number of nitrogens with zero attached hydrogens (tertiary/aromatic N) is 1. The fraction of sp³-hybridized carbons (Fsp3) is 0.125. The van der Waals surface area contributed by atoms with Gasteiger partial charge in [-0.25, -0.2) is 0 Å². The van der Waals surface area contributed by atoms with Crippen LogP contribution in [0.5, 0.6) is 0 Å². The van der Waals surface area contributed by atoms with Gasteiger partial charge in [0, 0.05) is 0 Å². The lowest BCUT2D eigenvalue weighted by Gasteiger charge is -2.19. The highest BCUT2D eigenvalue weighted by Crippen LogP contribution is 2.12. The zero-order valence-corrected chi connectivity index (χ0v) is 10.1. The molecule has 0 bridgehead atoms. The molecular formula is C16H17N. The van der Waals surface area contributed by atoms with Crippen molar-refractivity contribution in [2.45, 2.75) is 6.92 Å². The molecule has 86 valence electrons. The molecule has 2 aromatic rings. The second-order valence-electron chi connectivity index (χ2n) is 3.91. The largest absolute Gasteiger partial charge is 0.286 e. The van der Waals surface area contributed by atoms with Crippen LogP contribution in [0.3, 0.4) is 0 Å².